The van der Waals surface area contributed by atoms with Gasteiger partial charge in [-0.3, -0.25) is 9.63 Å². The third-order valence-corrected chi connectivity index (χ3v) is 2.77. The second kappa shape index (κ2) is 6.93. The molecule has 5 nitrogen and oxygen atoms in total. The molecule has 0 unspecified atom stereocenters. The van der Waals surface area contributed by atoms with Gasteiger partial charge in [-0.1, -0.05) is 0 Å². The Kier molecular flexibility index (Phi) is 6.67. The van der Waals surface area contributed by atoms with Crippen LogP contribution in [0, 0.1) is 0 Å². The van der Waals surface area contributed by atoms with Gasteiger partial charge in [0.2, 0.25) is 5.91 Å². The molecule has 0 aliphatic rings. The summed E-state index contributed by atoms with van der Waals surface area (Å²) in [5.41, 5.74) is 2.60. The van der Waals surface area contributed by atoms with Crippen LogP contribution >= 0.6 is 0 Å². The second-order valence-corrected chi connectivity index (χ2v) is 5.49. The summed E-state index contributed by atoms with van der Waals surface area (Å²) in [5, 5.41) is 5.78. The normalized spacial score (nSPS) is 12.6. The molecular formula is C12H27N3O2. The fourth-order valence-electron chi connectivity index (χ4n) is 1.09. The summed E-state index contributed by atoms with van der Waals surface area (Å²) >= 11 is 0. The first kappa shape index (κ1) is 16.4. The Balaban J connectivity index is 3.89. The van der Waals surface area contributed by atoms with E-state index in [9.17, 15) is 4.79 Å². The molecule has 0 aromatic heterocycles. The molecule has 0 aromatic rings. The van der Waals surface area contributed by atoms with Gasteiger partial charge in [0, 0.05) is 25.6 Å². The lowest BCUT2D eigenvalue weighted by atomic mass is 10.0. The summed E-state index contributed by atoms with van der Waals surface area (Å²) in [4.78, 5) is 16.7. The molecule has 0 atom stereocenters. The van der Waals surface area contributed by atoms with Crippen LogP contribution in [0.25, 0.3) is 0 Å². The molecule has 102 valence electrons. The number of amides is 1. The van der Waals surface area contributed by atoms with Crippen molar-refractivity contribution >= 4 is 5.91 Å². The molecule has 0 bridgehead atoms. The number of likely N-dealkylation sites (N-methyl/N-ethyl adjacent to an activating group) is 1. The van der Waals surface area contributed by atoms with E-state index in [-0.39, 0.29) is 17.0 Å². The first-order valence-corrected chi connectivity index (χ1v) is 6.03. The predicted molar refractivity (Wildman–Crippen MR) is 69.6 cm³/mol. The van der Waals surface area contributed by atoms with Crippen LogP contribution in [0.15, 0.2) is 0 Å². The van der Waals surface area contributed by atoms with Gasteiger partial charge in [-0.05, 0) is 41.2 Å². The van der Waals surface area contributed by atoms with E-state index >= 15 is 0 Å². The summed E-state index contributed by atoms with van der Waals surface area (Å²) in [6, 6.07) is 0. The largest absolute Gasteiger partial charge is 0.359 e. The summed E-state index contributed by atoms with van der Waals surface area (Å²) in [6.45, 7) is 8.80. The van der Waals surface area contributed by atoms with E-state index in [0.29, 0.717) is 19.4 Å². The molecule has 0 spiro atoms. The smallest absolute Gasteiger partial charge is 0.219 e. The van der Waals surface area contributed by atoms with Crippen molar-refractivity contribution in [1.82, 2.24) is 16.1 Å². The number of hydroxylamine groups is 1. The fourth-order valence-corrected chi connectivity index (χ4v) is 1.09. The maximum atomic E-state index is 11.1. The Morgan fingerprint density at radius 1 is 1.18 bits per heavy atom. The highest BCUT2D eigenvalue weighted by Crippen LogP contribution is 2.15. The van der Waals surface area contributed by atoms with E-state index in [1.54, 1.807) is 7.05 Å². The molecular weight excluding hydrogens is 218 g/mol. The van der Waals surface area contributed by atoms with Crippen LogP contribution in [-0.4, -0.2) is 37.7 Å². The second-order valence-electron chi connectivity index (χ2n) is 5.49. The van der Waals surface area contributed by atoms with Gasteiger partial charge in [0.25, 0.3) is 0 Å². The van der Waals surface area contributed by atoms with Crippen molar-refractivity contribution in [2.24, 2.45) is 0 Å². The zero-order valence-electron chi connectivity index (χ0n) is 11.9. The molecule has 0 radical (unpaired) electrons. The molecule has 17 heavy (non-hydrogen) atoms. The lowest BCUT2D eigenvalue weighted by molar-refractivity contribution is -0.125. The van der Waals surface area contributed by atoms with Crippen molar-refractivity contribution in [2.75, 3.05) is 20.6 Å². The Bertz CT molecular complexity index is 240. The first-order chi connectivity index (χ1) is 7.72. The van der Waals surface area contributed by atoms with Crippen LogP contribution in [0.4, 0.5) is 0 Å². The highest BCUT2D eigenvalue weighted by molar-refractivity contribution is 5.75. The molecule has 0 heterocycles. The standard InChI is InChI=1S/C12H27N3O2/c1-11(2,14-6)9-15-17-12(3,4)8-7-10(16)13-5/h14-15H,7-9H2,1-6H3,(H,13,16). The fraction of sp³-hybridized carbons (Fsp3) is 0.917. The van der Waals surface area contributed by atoms with E-state index < -0.39 is 0 Å². The topological polar surface area (TPSA) is 62.4 Å². The van der Waals surface area contributed by atoms with E-state index in [1.807, 2.05) is 20.9 Å². The Hall–Kier alpha value is -0.650. The van der Waals surface area contributed by atoms with E-state index in [1.165, 1.54) is 0 Å². The minimum Gasteiger partial charge on any atom is -0.359 e. The van der Waals surface area contributed by atoms with Gasteiger partial charge in [-0.15, -0.1) is 0 Å². The van der Waals surface area contributed by atoms with Gasteiger partial charge >= 0.3 is 0 Å². The molecule has 0 aliphatic carbocycles. The van der Waals surface area contributed by atoms with Crippen LogP contribution in [0.2, 0.25) is 0 Å². The molecule has 0 fully saturated rings. The van der Waals surface area contributed by atoms with Gasteiger partial charge in [0.15, 0.2) is 0 Å². The zero-order valence-corrected chi connectivity index (χ0v) is 11.9. The SMILES string of the molecule is CNC(=O)CCC(C)(C)ONCC(C)(C)NC. The van der Waals surface area contributed by atoms with E-state index in [4.69, 9.17) is 4.84 Å². The maximum Gasteiger partial charge on any atom is 0.219 e. The van der Waals surface area contributed by atoms with Crippen LogP contribution in [-0.2, 0) is 9.63 Å². The van der Waals surface area contributed by atoms with Gasteiger partial charge < -0.3 is 10.6 Å². The van der Waals surface area contributed by atoms with Crippen molar-refractivity contribution in [3.63, 3.8) is 0 Å². The predicted octanol–water partition coefficient (Wildman–Crippen LogP) is 0.810. The summed E-state index contributed by atoms with van der Waals surface area (Å²) in [6.07, 6.45) is 1.15. The Morgan fingerprint density at radius 3 is 2.24 bits per heavy atom. The Morgan fingerprint density at radius 2 is 1.76 bits per heavy atom. The zero-order chi connectivity index (χ0) is 13.5. The van der Waals surface area contributed by atoms with Crippen molar-refractivity contribution in [3.05, 3.63) is 0 Å². The van der Waals surface area contributed by atoms with Crippen LogP contribution in [0.5, 0.6) is 0 Å². The Labute approximate surface area is 105 Å². The molecule has 0 saturated heterocycles. The van der Waals surface area contributed by atoms with Gasteiger partial charge in [0.1, 0.15) is 0 Å². The van der Waals surface area contributed by atoms with Crippen LogP contribution < -0.4 is 16.1 Å². The lowest BCUT2D eigenvalue weighted by Gasteiger charge is -2.29. The monoisotopic (exact) mass is 245 g/mol. The molecule has 3 N–H and O–H groups in total. The molecule has 0 saturated carbocycles. The number of nitrogens with one attached hydrogen (secondary N) is 3. The number of rotatable bonds is 8. The number of hydrogen-bond donors (Lipinski definition) is 3. The summed E-state index contributed by atoms with van der Waals surface area (Å²) in [5.74, 6) is 0.0391. The van der Waals surface area contributed by atoms with Crippen molar-refractivity contribution in [2.45, 2.75) is 51.7 Å². The van der Waals surface area contributed by atoms with Crippen molar-refractivity contribution in [1.29, 1.82) is 0 Å². The van der Waals surface area contributed by atoms with Crippen molar-refractivity contribution < 1.29 is 9.63 Å². The lowest BCUT2D eigenvalue weighted by Crippen LogP contribution is -2.47. The average molecular weight is 245 g/mol. The van der Waals surface area contributed by atoms with Gasteiger partial charge in [-0.25, -0.2) is 5.48 Å². The highest BCUT2D eigenvalue weighted by atomic mass is 16.7. The number of carbonyl (C=O) groups excluding carboxylic acids is 1. The summed E-state index contributed by atoms with van der Waals surface area (Å²) < 4.78 is 0. The van der Waals surface area contributed by atoms with E-state index in [0.717, 1.165) is 0 Å². The third kappa shape index (κ3) is 8.12. The number of hydrogen-bond acceptors (Lipinski definition) is 4. The highest BCUT2D eigenvalue weighted by Gasteiger charge is 2.22. The minimum atomic E-state index is -0.351. The van der Waals surface area contributed by atoms with Crippen molar-refractivity contribution in [3.8, 4) is 0 Å². The number of carbonyl (C=O) groups is 1. The third-order valence-electron chi connectivity index (χ3n) is 2.77. The molecule has 0 aliphatic heterocycles. The minimum absolute atomic E-state index is 0.0170. The van der Waals surface area contributed by atoms with Crippen LogP contribution in [0.3, 0.4) is 0 Å². The summed E-state index contributed by atoms with van der Waals surface area (Å²) in [7, 11) is 3.56. The first-order valence-electron chi connectivity index (χ1n) is 6.03. The molecule has 0 rings (SSSR count). The molecule has 5 heteroatoms. The maximum absolute atomic E-state index is 11.1. The van der Waals surface area contributed by atoms with Gasteiger partial charge in [-0.2, -0.15) is 0 Å². The average Bonchev–Trinajstić information content (AvgIpc) is 2.25. The van der Waals surface area contributed by atoms with Crippen LogP contribution in [0.1, 0.15) is 40.5 Å². The molecule has 1 amide bonds. The van der Waals surface area contributed by atoms with E-state index in [2.05, 4.69) is 30.0 Å². The van der Waals surface area contributed by atoms with Gasteiger partial charge in [0.05, 0.1) is 5.60 Å². The molecule has 0 aromatic carbocycles. The quantitative estimate of drug-likeness (QED) is 0.554.